The molecule has 1 aromatic rings. The molecule has 0 heterocycles. The van der Waals surface area contributed by atoms with Crippen LogP contribution < -0.4 is 0 Å². The van der Waals surface area contributed by atoms with E-state index in [1.54, 1.807) is 45.1 Å². The van der Waals surface area contributed by atoms with Crippen LogP contribution in [0.25, 0.3) is 11.6 Å². The summed E-state index contributed by atoms with van der Waals surface area (Å²) in [6, 6.07) is 5.41. The van der Waals surface area contributed by atoms with E-state index < -0.39 is 5.60 Å². The van der Waals surface area contributed by atoms with Gasteiger partial charge in [0, 0.05) is 12.0 Å². The highest BCUT2D eigenvalue weighted by Gasteiger charge is 2.28. The Labute approximate surface area is 187 Å². The topological polar surface area (TPSA) is 63.6 Å². The monoisotopic (exact) mass is 424 g/mol. The summed E-state index contributed by atoms with van der Waals surface area (Å²) in [7, 11) is 0. The van der Waals surface area contributed by atoms with Crippen LogP contribution in [0.1, 0.15) is 75.9 Å². The first-order chi connectivity index (χ1) is 14.4. The van der Waals surface area contributed by atoms with Crippen LogP contribution >= 0.6 is 0 Å². The van der Waals surface area contributed by atoms with E-state index in [-0.39, 0.29) is 23.9 Å². The van der Waals surface area contributed by atoms with E-state index in [1.807, 2.05) is 12.1 Å². The number of carbonyl (C=O) groups excluding carboxylic acids is 2. The minimum Gasteiger partial charge on any atom is -0.508 e. The fourth-order valence-corrected chi connectivity index (χ4v) is 2.83. The third-order valence-corrected chi connectivity index (χ3v) is 5.17. The van der Waals surface area contributed by atoms with E-state index in [0.717, 1.165) is 17.5 Å². The number of allylic oxidation sites excluding steroid dienone is 3. The molecule has 4 nitrogen and oxygen atoms in total. The van der Waals surface area contributed by atoms with Gasteiger partial charge in [0.1, 0.15) is 11.4 Å². The van der Waals surface area contributed by atoms with Crippen LogP contribution in [0.4, 0.5) is 0 Å². The molecule has 4 heteroatoms. The average Bonchev–Trinajstić information content (AvgIpc) is 2.72. The van der Waals surface area contributed by atoms with Gasteiger partial charge in [-0.25, -0.2) is 0 Å². The number of hydrogen-bond acceptors (Lipinski definition) is 4. The number of ketones is 2. The predicted molar refractivity (Wildman–Crippen MR) is 129 cm³/mol. The smallest absolute Gasteiger partial charge is 0.164 e. The summed E-state index contributed by atoms with van der Waals surface area (Å²) in [6.07, 6.45) is 6.21. The lowest BCUT2D eigenvalue weighted by atomic mass is 9.96. The Balaban J connectivity index is 2.83. The Bertz CT molecular complexity index is 898. The second-order valence-electron chi connectivity index (χ2n) is 8.74. The number of carbonyl (C=O) groups is 2. The molecule has 1 N–H and O–H groups in total. The molecule has 168 valence electrons. The molecule has 1 aromatic carbocycles. The van der Waals surface area contributed by atoms with Crippen molar-refractivity contribution in [3.05, 3.63) is 71.5 Å². The zero-order valence-corrected chi connectivity index (χ0v) is 19.7. The quantitative estimate of drug-likeness (QED) is 0.229. The molecular weight excluding hydrogens is 388 g/mol. The molecule has 0 saturated heterocycles. The van der Waals surface area contributed by atoms with Gasteiger partial charge in [-0.1, -0.05) is 51.3 Å². The third-order valence-electron chi connectivity index (χ3n) is 5.17. The lowest BCUT2D eigenvalue weighted by Crippen LogP contribution is -2.35. The van der Waals surface area contributed by atoms with Crippen molar-refractivity contribution in [2.45, 2.75) is 60.0 Å². The molecule has 31 heavy (non-hydrogen) atoms. The van der Waals surface area contributed by atoms with E-state index in [9.17, 15) is 14.7 Å². The van der Waals surface area contributed by atoms with E-state index in [1.165, 1.54) is 6.92 Å². The van der Waals surface area contributed by atoms with Crippen molar-refractivity contribution < 1.29 is 19.4 Å². The lowest BCUT2D eigenvalue weighted by Gasteiger charge is -2.24. The van der Waals surface area contributed by atoms with Gasteiger partial charge in [0.2, 0.25) is 0 Å². The first-order valence-electron chi connectivity index (χ1n) is 10.6. The van der Waals surface area contributed by atoms with Crippen LogP contribution in [0, 0.1) is 5.92 Å². The Hall–Kier alpha value is -2.72. The Morgan fingerprint density at radius 1 is 1.19 bits per heavy atom. The molecule has 0 bridgehead atoms. The highest BCUT2D eigenvalue weighted by Crippen LogP contribution is 2.22. The summed E-state index contributed by atoms with van der Waals surface area (Å²) >= 11 is 0. The first kappa shape index (κ1) is 26.3. The maximum absolute atomic E-state index is 12.4. The van der Waals surface area contributed by atoms with E-state index in [2.05, 4.69) is 27.0 Å². The lowest BCUT2D eigenvalue weighted by molar-refractivity contribution is -0.139. The van der Waals surface area contributed by atoms with Crippen molar-refractivity contribution >= 4 is 23.2 Å². The van der Waals surface area contributed by atoms with Gasteiger partial charge in [0.15, 0.2) is 11.6 Å². The molecule has 0 saturated carbocycles. The summed E-state index contributed by atoms with van der Waals surface area (Å²) in [5, 5.41) is 10.4. The van der Waals surface area contributed by atoms with Crippen LogP contribution in [0.3, 0.4) is 0 Å². The zero-order chi connectivity index (χ0) is 23.8. The Morgan fingerprint density at radius 3 is 2.39 bits per heavy atom. The van der Waals surface area contributed by atoms with Gasteiger partial charge < -0.3 is 9.84 Å². The van der Waals surface area contributed by atoms with Crippen molar-refractivity contribution in [1.82, 2.24) is 0 Å². The van der Waals surface area contributed by atoms with E-state index in [4.69, 9.17) is 4.74 Å². The van der Waals surface area contributed by atoms with Crippen LogP contribution in [0.2, 0.25) is 0 Å². The molecule has 0 fully saturated rings. The predicted octanol–water partition coefficient (Wildman–Crippen LogP) is 6.73. The number of aliphatic hydroxyl groups is 1. The second-order valence-corrected chi connectivity index (χ2v) is 8.74. The maximum atomic E-state index is 12.4. The van der Waals surface area contributed by atoms with Crippen LogP contribution in [0.15, 0.2) is 54.8 Å². The largest absolute Gasteiger partial charge is 0.508 e. The van der Waals surface area contributed by atoms with Crippen molar-refractivity contribution in [2.24, 2.45) is 5.92 Å². The summed E-state index contributed by atoms with van der Waals surface area (Å²) in [5.74, 6) is 0.564. The normalized spacial score (nSPS) is 12.7. The minimum absolute atomic E-state index is 0.0237. The number of aliphatic hydroxyl groups excluding tert-OH is 1. The number of rotatable bonds is 12. The number of benzene rings is 1. The summed E-state index contributed by atoms with van der Waals surface area (Å²) in [5.41, 5.74) is 2.58. The number of Topliss-reactive ketones (excluding diaryl/α,β-unsaturated/α-hetero) is 2. The summed E-state index contributed by atoms with van der Waals surface area (Å²) in [6.45, 7) is 18.9. The van der Waals surface area contributed by atoms with Gasteiger partial charge in [-0.2, -0.15) is 0 Å². The van der Waals surface area contributed by atoms with Crippen LogP contribution in [0.5, 0.6) is 0 Å². The zero-order valence-electron chi connectivity index (χ0n) is 19.7. The van der Waals surface area contributed by atoms with E-state index >= 15 is 0 Å². The molecule has 0 radical (unpaired) electrons. The highest BCUT2D eigenvalue weighted by atomic mass is 16.5. The molecule has 0 unspecified atom stereocenters. The summed E-state index contributed by atoms with van der Waals surface area (Å²) in [4.78, 5) is 24.1. The van der Waals surface area contributed by atoms with Crippen LogP contribution in [-0.2, 0) is 9.53 Å². The molecule has 0 aliphatic rings. The summed E-state index contributed by atoms with van der Waals surface area (Å²) < 4.78 is 5.80. The standard InChI is InChI=1S/C27H36O4/c1-9-22-16-23(12-13-24(22)21(6)28)19(4)11-14-25(29)20(5)17-31-27(7,8)26(30)15-10-18(2)3/h9,11-14,16,18,29H,1,4,10,15,17H2,2-3,5-8H3/b14-11-,25-20+. The number of ether oxygens (including phenoxy) is 1. The van der Waals surface area contributed by atoms with Gasteiger partial charge in [0.05, 0.1) is 6.61 Å². The first-order valence-corrected chi connectivity index (χ1v) is 10.6. The van der Waals surface area contributed by atoms with Gasteiger partial charge in [0.25, 0.3) is 0 Å². The molecule has 0 aromatic heterocycles. The van der Waals surface area contributed by atoms with Gasteiger partial charge in [-0.3, -0.25) is 9.59 Å². The highest BCUT2D eigenvalue weighted by molar-refractivity contribution is 5.98. The molecule has 0 spiro atoms. The van der Waals surface area contributed by atoms with Crippen molar-refractivity contribution in [3.8, 4) is 0 Å². The second kappa shape index (κ2) is 11.6. The Kier molecular flexibility index (Phi) is 9.86. The van der Waals surface area contributed by atoms with Crippen LogP contribution in [-0.4, -0.2) is 28.9 Å². The number of hydrogen-bond donors (Lipinski definition) is 1. The third kappa shape index (κ3) is 8.14. The van der Waals surface area contributed by atoms with Crippen molar-refractivity contribution in [1.29, 1.82) is 0 Å². The molecular formula is C27H36O4. The maximum Gasteiger partial charge on any atom is 0.164 e. The van der Waals surface area contributed by atoms with Crippen molar-refractivity contribution in [3.63, 3.8) is 0 Å². The van der Waals surface area contributed by atoms with Gasteiger partial charge in [-0.05, 0) is 74.4 Å². The molecule has 0 aliphatic heterocycles. The fraction of sp³-hybridized carbons (Fsp3) is 0.407. The van der Waals surface area contributed by atoms with Gasteiger partial charge in [-0.15, -0.1) is 0 Å². The molecule has 1 rings (SSSR count). The van der Waals surface area contributed by atoms with Gasteiger partial charge >= 0.3 is 0 Å². The van der Waals surface area contributed by atoms with Crippen molar-refractivity contribution in [2.75, 3.05) is 6.61 Å². The minimum atomic E-state index is -0.900. The Morgan fingerprint density at radius 2 is 1.84 bits per heavy atom. The van der Waals surface area contributed by atoms with E-state index in [0.29, 0.717) is 29.0 Å². The SMILES string of the molecule is C=Cc1cc(C(=C)/C=C\C(O)=C(\C)COC(C)(C)C(=O)CCC(C)C)ccc1C(C)=O. The molecule has 0 aliphatic carbocycles. The molecule has 0 atom stereocenters. The average molecular weight is 425 g/mol. The fourth-order valence-electron chi connectivity index (χ4n) is 2.83. The molecule has 0 amide bonds.